The molecular weight excluding hydrogens is 372 g/mol. The van der Waals surface area contributed by atoms with E-state index >= 15 is 0 Å². The SMILES string of the molecule is C=CCOc1ccc(C=Nn2c(=O)[nH]c3c([nH]c4cc(OC)ccc43)c2=O)cc1. The van der Waals surface area contributed by atoms with Gasteiger partial charge in [0.05, 0.1) is 24.4 Å². The van der Waals surface area contributed by atoms with E-state index < -0.39 is 11.2 Å². The first-order valence-corrected chi connectivity index (χ1v) is 8.83. The number of fused-ring (bicyclic) bond motifs is 3. The van der Waals surface area contributed by atoms with Crippen LogP contribution in [0, 0.1) is 0 Å². The van der Waals surface area contributed by atoms with Gasteiger partial charge in [-0.15, -0.1) is 4.68 Å². The van der Waals surface area contributed by atoms with Crippen molar-refractivity contribution in [2.75, 3.05) is 13.7 Å². The molecule has 0 aliphatic rings. The molecule has 2 heterocycles. The summed E-state index contributed by atoms with van der Waals surface area (Å²) in [5.74, 6) is 1.33. The number of methoxy groups -OCH3 is 1. The van der Waals surface area contributed by atoms with Crippen molar-refractivity contribution in [3.63, 3.8) is 0 Å². The van der Waals surface area contributed by atoms with E-state index in [1.165, 1.54) is 6.21 Å². The Balaban J connectivity index is 1.73. The van der Waals surface area contributed by atoms with E-state index in [4.69, 9.17) is 9.47 Å². The quantitative estimate of drug-likeness (QED) is 0.390. The lowest BCUT2D eigenvalue weighted by Crippen LogP contribution is -2.32. The molecule has 29 heavy (non-hydrogen) atoms. The molecule has 2 N–H and O–H groups in total. The fourth-order valence-electron chi connectivity index (χ4n) is 2.99. The molecule has 0 bridgehead atoms. The average molecular weight is 390 g/mol. The van der Waals surface area contributed by atoms with Crippen LogP contribution in [0.3, 0.4) is 0 Å². The van der Waals surface area contributed by atoms with Gasteiger partial charge in [-0.05, 0) is 42.0 Å². The third-order valence-electron chi connectivity index (χ3n) is 4.41. The van der Waals surface area contributed by atoms with Crippen LogP contribution in [0.1, 0.15) is 5.56 Å². The van der Waals surface area contributed by atoms with Gasteiger partial charge in [0.2, 0.25) is 0 Å². The largest absolute Gasteiger partial charge is 0.497 e. The lowest BCUT2D eigenvalue weighted by Gasteiger charge is -2.02. The van der Waals surface area contributed by atoms with Crippen LogP contribution in [0.4, 0.5) is 0 Å². The number of nitrogens with one attached hydrogen (secondary N) is 2. The number of H-pyrrole nitrogens is 2. The second-order valence-electron chi connectivity index (χ2n) is 6.25. The van der Waals surface area contributed by atoms with Gasteiger partial charge in [-0.2, -0.15) is 5.10 Å². The zero-order chi connectivity index (χ0) is 20.4. The molecule has 4 rings (SSSR count). The highest BCUT2D eigenvalue weighted by atomic mass is 16.5. The summed E-state index contributed by atoms with van der Waals surface area (Å²) in [4.78, 5) is 31.0. The molecule has 0 saturated carbocycles. The molecule has 8 heteroatoms. The van der Waals surface area contributed by atoms with Crippen molar-refractivity contribution in [1.82, 2.24) is 14.6 Å². The molecule has 0 aliphatic carbocycles. The van der Waals surface area contributed by atoms with Crippen LogP contribution in [0.15, 0.2) is 69.8 Å². The maximum Gasteiger partial charge on any atom is 0.350 e. The number of ether oxygens (including phenoxy) is 2. The van der Waals surface area contributed by atoms with Crippen LogP contribution < -0.4 is 20.7 Å². The van der Waals surface area contributed by atoms with E-state index in [0.717, 1.165) is 10.1 Å². The normalized spacial score (nSPS) is 11.3. The Bertz CT molecular complexity index is 1340. The molecule has 0 amide bonds. The number of aromatic nitrogens is 3. The lowest BCUT2D eigenvalue weighted by atomic mass is 10.2. The molecule has 0 fully saturated rings. The van der Waals surface area contributed by atoms with E-state index in [9.17, 15) is 9.59 Å². The van der Waals surface area contributed by atoms with Gasteiger partial charge in [0, 0.05) is 11.5 Å². The molecule has 8 nitrogen and oxygen atoms in total. The smallest absolute Gasteiger partial charge is 0.350 e. The predicted molar refractivity (Wildman–Crippen MR) is 112 cm³/mol. The van der Waals surface area contributed by atoms with Crippen molar-refractivity contribution in [2.45, 2.75) is 0 Å². The van der Waals surface area contributed by atoms with Crippen molar-refractivity contribution < 1.29 is 9.47 Å². The highest BCUT2D eigenvalue weighted by Crippen LogP contribution is 2.24. The van der Waals surface area contributed by atoms with Crippen molar-refractivity contribution in [3.05, 3.63) is 81.5 Å². The lowest BCUT2D eigenvalue weighted by molar-refractivity contribution is 0.363. The van der Waals surface area contributed by atoms with Gasteiger partial charge in [0.25, 0.3) is 0 Å². The van der Waals surface area contributed by atoms with Gasteiger partial charge in [-0.25, -0.2) is 4.79 Å². The average Bonchev–Trinajstić information content (AvgIpc) is 3.10. The molecule has 2 aromatic carbocycles. The van der Waals surface area contributed by atoms with Crippen LogP contribution in [-0.2, 0) is 0 Å². The summed E-state index contributed by atoms with van der Waals surface area (Å²) in [5.41, 5.74) is 0.932. The third kappa shape index (κ3) is 3.43. The Labute approximate surface area is 164 Å². The Morgan fingerprint density at radius 2 is 1.83 bits per heavy atom. The van der Waals surface area contributed by atoms with Crippen molar-refractivity contribution in [3.8, 4) is 11.5 Å². The summed E-state index contributed by atoms with van der Waals surface area (Å²) in [6.07, 6.45) is 3.09. The molecule has 0 saturated heterocycles. The first-order valence-electron chi connectivity index (χ1n) is 8.83. The predicted octanol–water partition coefficient (Wildman–Crippen LogP) is 2.63. The van der Waals surface area contributed by atoms with Crippen LogP contribution in [0.2, 0.25) is 0 Å². The fourth-order valence-corrected chi connectivity index (χ4v) is 2.99. The minimum Gasteiger partial charge on any atom is -0.497 e. The Hall–Kier alpha value is -4.07. The molecule has 0 radical (unpaired) electrons. The summed E-state index contributed by atoms with van der Waals surface area (Å²) < 4.78 is 11.4. The molecule has 0 atom stereocenters. The van der Waals surface area contributed by atoms with E-state index in [2.05, 4.69) is 21.6 Å². The van der Waals surface area contributed by atoms with E-state index in [1.807, 2.05) is 0 Å². The Morgan fingerprint density at radius 3 is 2.55 bits per heavy atom. The topological polar surface area (TPSA) is 101 Å². The molecule has 0 unspecified atom stereocenters. The maximum absolute atomic E-state index is 12.8. The molecule has 4 aromatic rings. The molecule has 2 aromatic heterocycles. The number of rotatable bonds is 6. The highest BCUT2D eigenvalue weighted by Gasteiger charge is 2.13. The van der Waals surface area contributed by atoms with Crippen molar-refractivity contribution in [1.29, 1.82) is 0 Å². The van der Waals surface area contributed by atoms with Gasteiger partial charge >= 0.3 is 11.2 Å². The molecule has 146 valence electrons. The van der Waals surface area contributed by atoms with Crippen molar-refractivity contribution in [2.24, 2.45) is 5.10 Å². The van der Waals surface area contributed by atoms with Gasteiger partial charge in [0.15, 0.2) is 0 Å². The monoisotopic (exact) mass is 390 g/mol. The summed E-state index contributed by atoms with van der Waals surface area (Å²) >= 11 is 0. The number of hydrogen-bond donors (Lipinski definition) is 2. The van der Waals surface area contributed by atoms with Gasteiger partial charge in [-0.1, -0.05) is 12.7 Å². The Kier molecular flexibility index (Phi) is 4.74. The molecule has 0 spiro atoms. The minimum atomic E-state index is -0.624. The Morgan fingerprint density at radius 1 is 1.07 bits per heavy atom. The number of hydrogen-bond acceptors (Lipinski definition) is 5. The minimum absolute atomic E-state index is 0.262. The molecular formula is C21H18N4O4. The summed E-state index contributed by atoms with van der Waals surface area (Å²) in [6, 6.07) is 12.4. The van der Waals surface area contributed by atoms with Gasteiger partial charge in [0.1, 0.15) is 23.6 Å². The van der Waals surface area contributed by atoms with Crippen LogP contribution >= 0.6 is 0 Å². The fraction of sp³-hybridized carbons (Fsp3) is 0.0952. The van der Waals surface area contributed by atoms with E-state index in [1.54, 1.807) is 55.7 Å². The summed E-state index contributed by atoms with van der Waals surface area (Å²) in [7, 11) is 1.56. The van der Waals surface area contributed by atoms with Crippen LogP contribution in [0.5, 0.6) is 11.5 Å². The van der Waals surface area contributed by atoms with Gasteiger partial charge < -0.3 is 19.4 Å². The van der Waals surface area contributed by atoms with Crippen molar-refractivity contribution >= 4 is 28.2 Å². The first kappa shape index (κ1) is 18.3. The zero-order valence-corrected chi connectivity index (χ0v) is 15.6. The second kappa shape index (κ2) is 7.51. The first-order chi connectivity index (χ1) is 14.1. The number of aromatic amines is 2. The second-order valence-corrected chi connectivity index (χ2v) is 6.25. The molecule has 0 aliphatic heterocycles. The number of benzene rings is 2. The van der Waals surface area contributed by atoms with E-state index in [-0.39, 0.29) is 5.52 Å². The zero-order valence-electron chi connectivity index (χ0n) is 15.6. The highest BCUT2D eigenvalue weighted by molar-refractivity contribution is 6.04. The van der Waals surface area contributed by atoms with Crippen LogP contribution in [-0.4, -0.2) is 34.6 Å². The standard InChI is InChI=1S/C21H18N4O4/c1-3-10-29-14-6-4-13(5-7-14)12-22-25-20(26)19-18(24-21(25)27)16-9-8-15(28-2)11-17(16)23-19/h3-9,11-12,23H,1,10H2,2H3,(H,24,27). The van der Waals surface area contributed by atoms with E-state index in [0.29, 0.717) is 34.7 Å². The van der Waals surface area contributed by atoms with Gasteiger partial charge in [-0.3, -0.25) is 4.79 Å². The van der Waals surface area contributed by atoms with Crippen LogP contribution in [0.25, 0.3) is 21.9 Å². The number of nitrogens with zero attached hydrogens (tertiary/aromatic N) is 2. The maximum atomic E-state index is 12.8. The summed E-state index contributed by atoms with van der Waals surface area (Å²) in [5, 5.41) is 4.78. The third-order valence-corrected chi connectivity index (χ3v) is 4.41. The summed E-state index contributed by atoms with van der Waals surface area (Å²) in [6.45, 7) is 4.01.